The van der Waals surface area contributed by atoms with Gasteiger partial charge in [0.15, 0.2) is 0 Å². The summed E-state index contributed by atoms with van der Waals surface area (Å²) >= 11 is 0. The fraction of sp³-hybridized carbons (Fsp3) is 0.500. The first kappa shape index (κ1) is 14.6. The summed E-state index contributed by atoms with van der Waals surface area (Å²) in [5.41, 5.74) is -0.496. The lowest BCUT2D eigenvalue weighted by Gasteiger charge is -2.17. The van der Waals surface area contributed by atoms with Crippen LogP contribution in [0.3, 0.4) is 0 Å². The van der Waals surface area contributed by atoms with Crippen molar-refractivity contribution in [1.82, 2.24) is 14.7 Å². The fourth-order valence-electron chi connectivity index (χ4n) is 1.75. The molecule has 0 atom stereocenters. The molecule has 0 saturated carbocycles. The van der Waals surface area contributed by atoms with Crippen LogP contribution in [-0.4, -0.2) is 49.7 Å². The van der Waals surface area contributed by atoms with Crippen molar-refractivity contribution in [1.29, 1.82) is 0 Å². The van der Waals surface area contributed by atoms with Gasteiger partial charge < -0.3 is 10.0 Å². The predicted octanol–water partition coefficient (Wildman–Crippen LogP) is 0.183. The summed E-state index contributed by atoms with van der Waals surface area (Å²) in [5, 5.41) is 23.5. The molecule has 0 aliphatic heterocycles. The molecular formula is C10H14N4O5. The molecule has 0 unspecified atom stereocenters. The smallest absolute Gasteiger partial charge is 0.323 e. The van der Waals surface area contributed by atoms with Crippen molar-refractivity contribution in [3.63, 3.8) is 0 Å². The molecule has 1 aromatic rings. The molecule has 0 radical (unpaired) electrons. The number of carboxylic acids is 1. The zero-order chi connectivity index (χ0) is 14.7. The number of carboxylic acid groups (broad SMARTS) is 1. The molecule has 1 amide bonds. The molecule has 9 heteroatoms. The van der Waals surface area contributed by atoms with E-state index < -0.39 is 29.0 Å². The number of aryl methyl sites for hydroxylation is 2. The number of rotatable bonds is 5. The predicted molar refractivity (Wildman–Crippen MR) is 63.8 cm³/mol. The van der Waals surface area contributed by atoms with Crippen molar-refractivity contribution in [2.75, 3.05) is 13.1 Å². The van der Waals surface area contributed by atoms with Gasteiger partial charge in [0, 0.05) is 13.6 Å². The highest BCUT2D eigenvalue weighted by atomic mass is 16.6. The third-order valence-electron chi connectivity index (χ3n) is 2.57. The number of carbonyl (C=O) groups is 2. The van der Waals surface area contributed by atoms with Gasteiger partial charge >= 0.3 is 11.7 Å². The molecule has 0 spiro atoms. The third-order valence-corrected chi connectivity index (χ3v) is 2.57. The highest BCUT2D eigenvalue weighted by Crippen LogP contribution is 2.23. The standard InChI is InChI=1S/C10H14N4O5/c1-4-13(5-7(15)16)10(17)9-8(14(18)19)6(2)11-12(9)3/h4-5H2,1-3H3,(H,15,16). The highest BCUT2D eigenvalue weighted by molar-refractivity contribution is 5.98. The van der Waals surface area contributed by atoms with Crippen molar-refractivity contribution in [2.45, 2.75) is 13.8 Å². The number of carbonyl (C=O) groups excluding carboxylic acids is 1. The Morgan fingerprint density at radius 2 is 2.11 bits per heavy atom. The molecule has 1 rings (SSSR count). The summed E-state index contributed by atoms with van der Waals surface area (Å²) in [6, 6.07) is 0. The lowest BCUT2D eigenvalue weighted by atomic mass is 10.2. The Kier molecular flexibility index (Phi) is 4.20. The molecule has 0 bridgehead atoms. The Morgan fingerprint density at radius 1 is 1.53 bits per heavy atom. The Hall–Kier alpha value is -2.45. The minimum Gasteiger partial charge on any atom is -0.480 e. The summed E-state index contributed by atoms with van der Waals surface area (Å²) in [7, 11) is 1.40. The number of aromatic nitrogens is 2. The molecule has 0 aliphatic rings. The van der Waals surface area contributed by atoms with Gasteiger partial charge in [-0.3, -0.25) is 24.4 Å². The Balaban J connectivity index is 3.25. The Bertz CT molecular complexity index is 536. The van der Waals surface area contributed by atoms with Gasteiger partial charge in [-0.05, 0) is 13.8 Å². The summed E-state index contributed by atoms with van der Waals surface area (Å²) < 4.78 is 1.10. The van der Waals surface area contributed by atoms with Crippen molar-refractivity contribution in [3.8, 4) is 0 Å². The number of hydrogen-bond donors (Lipinski definition) is 1. The van der Waals surface area contributed by atoms with Crippen LogP contribution in [0.25, 0.3) is 0 Å². The molecule has 0 saturated heterocycles. The van der Waals surface area contributed by atoms with Gasteiger partial charge in [-0.25, -0.2) is 0 Å². The van der Waals surface area contributed by atoms with E-state index >= 15 is 0 Å². The Morgan fingerprint density at radius 3 is 2.53 bits per heavy atom. The van der Waals surface area contributed by atoms with Crippen LogP contribution >= 0.6 is 0 Å². The molecule has 0 aliphatic carbocycles. The average Bonchev–Trinajstić information content (AvgIpc) is 2.59. The van der Waals surface area contributed by atoms with Gasteiger partial charge in [0.1, 0.15) is 12.2 Å². The van der Waals surface area contributed by atoms with Crippen molar-refractivity contribution >= 4 is 17.6 Å². The topological polar surface area (TPSA) is 119 Å². The zero-order valence-electron chi connectivity index (χ0n) is 10.8. The molecule has 1 N–H and O–H groups in total. The first-order valence-corrected chi connectivity index (χ1v) is 5.48. The van der Waals surface area contributed by atoms with Gasteiger partial charge in [-0.1, -0.05) is 0 Å². The molecule has 1 aromatic heterocycles. The monoisotopic (exact) mass is 270 g/mol. The van der Waals surface area contributed by atoms with Gasteiger partial charge in [-0.15, -0.1) is 0 Å². The molecule has 1 heterocycles. The number of nitro groups is 1. The van der Waals surface area contributed by atoms with E-state index in [4.69, 9.17) is 5.11 Å². The lowest BCUT2D eigenvalue weighted by molar-refractivity contribution is -0.385. The lowest BCUT2D eigenvalue weighted by Crippen LogP contribution is -2.36. The summed E-state index contributed by atoms with van der Waals surface area (Å²) in [6.45, 7) is 2.63. The minimum absolute atomic E-state index is 0.113. The van der Waals surface area contributed by atoms with E-state index in [1.807, 2.05) is 0 Å². The fourth-order valence-corrected chi connectivity index (χ4v) is 1.75. The molecule has 19 heavy (non-hydrogen) atoms. The normalized spacial score (nSPS) is 10.3. The van der Waals surface area contributed by atoms with Crippen molar-refractivity contribution in [3.05, 3.63) is 21.5 Å². The number of aliphatic carboxylic acids is 1. The molecule has 0 fully saturated rings. The van der Waals surface area contributed by atoms with E-state index in [2.05, 4.69) is 5.10 Å². The molecule has 104 valence electrons. The number of amides is 1. The third kappa shape index (κ3) is 2.87. The summed E-state index contributed by atoms with van der Waals surface area (Å²) in [4.78, 5) is 34.1. The van der Waals surface area contributed by atoms with Crippen LogP contribution in [-0.2, 0) is 11.8 Å². The quantitative estimate of drug-likeness (QED) is 0.602. The van der Waals surface area contributed by atoms with E-state index in [0.717, 1.165) is 9.58 Å². The number of hydrogen-bond acceptors (Lipinski definition) is 5. The van der Waals surface area contributed by atoms with Crippen LogP contribution in [0.5, 0.6) is 0 Å². The maximum absolute atomic E-state index is 12.2. The van der Waals surface area contributed by atoms with E-state index in [9.17, 15) is 19.7 Å². The van der Waals surface area contributed by atoms with E-state index in [0.29, 0.717) is 0 Å². The SMILES string of the molecule is CCN(CC(=O)O)C(=O)c1c([N+](=O)[O-])c(C)nn1C. The second kappa shape index (κ2) is 5.46. The van der Waals surface area contributed by atoms with Crippen LogP contribution in [0, 0.1) is 17.0 Å². The highest BCUT2D eigenvalue weighted by Gasteiger charge is 2.32. The van der Waals surface area contributed by atoms with Crippen LogP contribution in [0.15, 0.2) is 0 Å². The molecule has 0 aromatic carbocycles. The first-order chi connectivity index (χ1) is 8.79. The average molecular weight is 270 g/mol. The first-order valence-electron chi connectivity index (χ1n) is 5.48. The molecular weight excluding hydrogens is 256 g/mol. The molecule has 9 nitrogen and oxygen atoms in total. The van der Waals surface area contributed by atoms with Crippen molar-refractivity contribution in [2.24, 2.45) is 7.05 Å². The number of nitrogens with zero attached hydrogens (tertiary/aromatic N) is 4. The van der Waals surface area contributed by atoms with E-state index in [1.54, 1.807) is 6.92 Å². The minimum atomic E-state index is -1.18. The summed E-state index contributed by atoms with van der Waals surface area (Å²) in [5.74, 6) is -1.91. The van der Waals surface area contributed by atoms with Gasteiger partial charge in [-0.2, -0.15) is 5.10 Å². The maximum atomic E-state index is 12.2. The largest absolute Gasteiger partial charge is 0.480 e. The van der Waals surface area contributed by atoms with E-state index in [-0.39, 0.29) is 17.9 Å². The van der Waals surface area contributed by atoms with Gasteiger partial charge in [0.05, 0.1) is 4.92 Å². The van der Waals surface area contributed by atoms with Crippen LogP contribution in [0.2, 0.25) is 0 Å². The van der Waals surface area contributed by atoms with Gasteiger partial charge in [0.25, 0.3) is 5.91 Å². The second-order valence-corrected chi connectivity index (χ2v) is 3.88. The summed E-state index contributed by atoms with van der Waals surface area (Å²) in [6.07, 6.45) is 0. The number of likely N-dealkylation sites (N-methyl/N-ethyl adjacent to an activating group) is 1. The Labute approximate surface area is 108 Å². The maximum Gasteiger partial charge on any atom is 0.323 e. The second-order valence-electron chi connectivity index (χ2n) is 3.88. The van der Waals surface area contributed by atoms with Crippen molar-refractivity contribution < 1.29 is 19.6 Å². The van der Waals surface area contributed by atoms with Crippen LogP contribution < -0.4 is 0 Å². The van der Waals surface area contributed by atoms with Crippen LogP contribution in [0.1, 0.15) is 23.1 Å². The van der Waals surface area contributed by atoms with E-state index in [1.165, 1.54) is 14.0 Å². The van der Waals surface area contributed by atoms with Crippen LogP contribution in [0.4, 0.5) is 5.69 Å². The van der Waals surface area contributed by atoms with Gasteiger partial charge in [0.2, 0.25) is 5.69 Å². The zero-order valence-corrected chi connectivity index (χ0v) is 10.8.